The summed E-state index contributed by atoms with van der Waals surface area (Å²) in [4.78, 5) is 20.5. The molecule has 0 atom stereocenters. The second-order valence-corrected chi connectivity index (χ2v) is 9.31. The van der Waals surface area contributed by atoms with Gasteiger partial charge in [0.05, 0.1) is 29.9 Å². The van der Waals surface area contributed by atoms with Crippen LogP contribution in [0.15, 0.2) is 55.0 Å². The third-order valence-corrected chi connectivity index (χ3v) is 6.56. The molecule has 1 aliphatic heterocycles. The Kier molecular flexibility index (Phi) is 5.69. The molecule has 0 aliphatic carbocycles. The van der Waals surface area contributed by atoms with E-state index in [4.69, 9.17) is 9.72 Å². The Hall–Kier alpha value is -4.11. The van der Waals surface area contributed by atoms with Gasteiger partial charge in [0.15, 0.2) is 0 Å². The maximum atomic E-state index is 5.49. The van der Waals surface area contributed by atoms with Crippen molar-refractivity contribution in [1.29, 1.82) is 0 Å². The highest BCUT2D eigenvalue weighted by Crippen LogP contribution is 2.30. The van der Waals surface area contributed by atoms with Crippen molar-refractivity contribution in [3.63, 3.8) is 0 Å². The number of morpholine rings is 1. The first-order valence-corrected chi connectivity index (χ1v) is 12.2. The number of hydrogen-bond acceptors (Lipinski definition) is 8. The molecule has 0 bridgehead atoms. The summed E-state index contributed by atoms with van der Waals surface area (Å²) >= 11 is 0. The van der Waals surface area contributed by atoms with Crippen LogP contribution in [-0.2, 0) is 11.8 Å². The number of nitrogens with one attached hydrogen (secondary N) is 1. The van der Waals surface area contributed by atoms with Crippen LogP contribution in [0.1, 0.15) is 25.5 Å². The van der Waals surface area contributed by atoms with Crippen molar-refractivity contribution >= 4 is 39.3 Å². The maximum Gasteiger partial charge on any atom is 0.227 e. The van der Waals surface area contributed by atoms with Crippen LogP contribution in [0, 0.1) is 0 Å². The highest BCUT2D eigenvalue weighted by atomic mass is 16.5. The van der Waals surface area contributed by atoms with E-state index in [1.165, 1.54) is 5.69 Å². The average molecular weight is 481 g/mol. The monoisotopic (exact) mass is 480 g/mol. The van der Waals surface area contributed by atoms with Crippen molar-refractivity contribution in [2.75, 3.05) is 36.5 Å². The first-order chi connectivity index (χ1) is 17.6. The highest BCUT2D eigenvalue weighted by Gasteiger charge is 2.16. The topological polar surface area (TPSA) is 93.9 Å². The smallest absolute Gasteiger partial charge is 0.227 e. The molecule has 1 N–H and O–H groups in total. The highest BCUT2D eigenvalue weighted by molar-refractivity contribution is 5.92. The van der Waals surface area contributed by atoms with Gasteiger partial charge in [0.1, 0.15) is 12.1 Å². The van der Waals surface area contributed by atoms with Crippen LogP contribution in [0.3, 0.4) is 0 Å². The second-order valence-electron chi connectivity index (χ2n) is 9.31. The van der Waals surface area contributed by atoms with E-state index in [9.17, 15) is 0 Å². The van der Waals surface area contributed by atoms with E-state index >= 15 is 0 Å². The zero-order valence-electron chi connectivity index (χ0n) is 20.6. The molecule has 4 heterocycles. The molecule has 0 radical (unpaired) electrons. The number of aryl methyl sites for hydroxylation is 1. The maximum absolute atomic E-state index is 5.49. The van der Waals surface area contributed by atoms with Gasteiger partial charge in [0, 0.05) is 54.1 Å². The van der Waals surface area contributed by atoms with E-state index in [-0.39, 0.29) is 0 Å². The number of benzene rings is 2. The van der Waals surface area contributed by atoms with Crippen molar-refractivity contribution in [3.05, 3.63) is 60.7 Å². The van der Waals surface area contributed by atoms with Gasteiger partial charge in [0.25, 0.3) is 0 Å². The lowest BCUT2D eigenvalue weighted by Gasteiger charge is -2.28. The molecule has 5 aromatic rings. The number of ether oxygens (including phenoxy) is 1. The van der Waals surface area contributed by atoms with Crippen LogP contribution < -0.4 is 10.2 Å². The van der Waals surface area contributed by atoms with E-state index in [0.717, 1.165) is 57.7 Å². The summed E-state index contributed by atoms with van der Waals surface area (Å²) in [6.07, 6.45) is 3.40. The lowest BCUT2D eigenvalue weighted by Crippen LogP contribution is -2.36. The van der Waals surface area contributed by atoms with Crippen molar-refractivity contribution in [1.82, 2.24) is 29.7 Å². The van der Waals surface area contributed by atoms with E-state index in [1.54, 1.807) is 12.5 Å². The second kappa shape index (κ2) is 9.16. The number of hydrogen-bond donors (Lipinski definition) is 1. The minimum absolute atomic E-state index is 0.373. The molecule has 9 nitrogen and oxygen atoms in total. The van der Waals surface area contributed by atoms with Gasteiger partial charge in [-0.1, -0.05) is 19.9 Å². The predicted octanol–water partition coefficient (Wildman–Crippen LogP) is 4.68. The van der Waals surface area contributed by atoms with E-state index in [2.05, 4.69) is 68.4 Å². The Bertz CT molecular complexity index is 1550. The molecule has 36 heavy (non-hydrogen) atoms. The number of aromatic nitrogens is 6. The Morgan fingerprint density at radius 1 is 0.917 bits per heavy atom. The van der Waals surface area contributed by atoms with Gasteiger partial charge in [-0.2, -0.15) is 5.10 Å². The fourth-order valence-corrected chi connectivity index (χ4v) is 4.92. The van der Waals surface area contributed by atoms with Crippen LogP contribution in [0.4, 0.5) is 17.5 Å². The van der Waals surface area contributed by atoms with Crippen molar-refractivity contribution in [2.45, 2.75) is 19.8 Å². The molecular weight excluding hydrogens is 452 g/mol. The summed E-state index contributed by atoms with van der Waals surface area (Å²) in [5.41, 5.74) is 5.84. The molecular formula is C27H28N8O. The number of anilines is 3. The van der Waals surface area contributed by atoms with Crippen LogP contribution in [-0.4, -0.2) is 56.0 Å². The van der Waals surface area contributed by atoms with Gasteiger partial charge in [-0.15, -0.1) is 0 Å². The molecule has 3 aromatic heterocycles. The first-order valence-electron chi connectivity index (χ1n) is 12.2. The molecule has 0 unspecified atom stereocenters. The summed E-state index contributed by atoms with van der Waals surface area (Å²) in [5.74, 6) is 1.85. The Labute approximate surface area is 209 Å². The molecule has 2 aromatic carbocycles. The molecule has 0 amide bonds. The fourth-order valence-electron chi connectivity index (χ4n) is 4.92. The summed E-state index contributed by atoms with van der Waals surface area (Å²) in [5, 5.41) is 10.2. The van der Waals surface area contributed by atoms with Crippen LogP contribution >= 0.6 is 0 Å². The zero-order valence-corrected chi connectivity index (χ0v) is 20.6. The molecule has 6 rings (SSSR count). The predicted molar refractivity (Wildman–Crippen MR) is 142 cm³/mol. The SMILES string of the molecule is CC(C)c1c2cc(-c3ccnc(Nc4ccc5c(N6CCOCC6)ncnc5c4)n3)ccc2nn1C. The Balaban J connectivity index is 1.30. The lowest BCUT2D eigenvalue weighted by atomic mass is 10.0. The molecule has 9 heteroatoms. The van der Waals surface area contributed by atoms with Crippen molar-refractivity contribution in [2.24, 2.45) is 7.05 Å². The summed E-state index contributed by atoms with van der Waals surface area (Å²) < 4.78 is 7.46. The molecule has 1 fully saturated rings. The lowest BCUT2D eigenvalue weighted by molar-refractivity contribution is 0.122. The summed E-state index contributed by atoms with van der Waals surface area (Å²) in [6, 6.07) is 14.3. The standard InChI is InChI=1S/C27H28N8O/c1-17(2)25-21-14-18(4-7-23(21)33-34(25)3)22-8-9-28-27(32-22)31-19-5-6-20-24(15-19)29-16-30-26(20)35-10-12-36-13-11-35/h4-9,14-17H,10-13H2,1-3H3,(H,28,31,32). The van der Waals surface area contributed by atoms with Crippen molar-refractivity contribution < 1.29 is 4.74 Å². The molecule has 1 saturated heterocycles. The normalized spacial score (nSPS) is 14.2. The van der Waals surface area contributed by atoms with Gasteiger partial charge < -0.3 is 15.0 Å². The van der Waals surface area contributed by atoms with Crippen LogP contribution in [0.5, 0.6) is 0 Å². The largest absolute Gasteiger partial charge is 0.378 e. The fraction of sp³-hybridized carbons (Fsp3) is 0.296. The molecule has 182 valence electrons. The van der Waals surface area contributed by atoms with E-state index < -0.39 is 0 Å². The van der Waals surface area contributed by atoms with Gasteiger partial charge >= 0.3 is 0 Å². The van der Waals surface area contributed by atoms with Crippen LogP contribution in [0.2, 0.25) is 0 Å². The van der Waals surface area contributed by atoms with E-state index in [0.29, 0.717) is 25.1 Å². The quantitative estimate of drug-likeness (QED) is 0.388. The third kappa shape index (κ3) is 4.11. The summed E-state index contributed by atoms with van der Waals surface area (Å²) in [6.45, 7) is 7.46. The number of nitrogens with zero attached hydrogens (tertiary/aromatic N) is 7. The third-order valence-electron chi connectivity index (χ3n) is 6.56. The molecule has 0 saturated carbocycles. The minimum Gasteiger partial charge on any atom is -0.378 e. The molecule has 1 aliphatic rings. The van der Waals surface area contributed by atoms with Gasteiger partial charge in [0.2, 0.25) is 5.95 Å². The Morgan fingerprint density at radius 2 is 1.78 bits per heavy atom. The van der Waals surface area contributed by atoms with Gasteiger partial charge in [-0.25, -0.2) is 19.9 Å². The molecule has 0 spiro atoms. The van der Waals surface area contributed by atoms with Crippen LogP contribution in [0.25, 0.3) is 33.1 Å². The van der Waals surface area contributed by atoms with Gasteiger partial charge in [-0.05, 0) is 42.3 Å². The Morgan fingerprint density at radius 3 is 2.61 bits per heavy atom. The van der Waals surface area contributed by atoms with Gasteiger partial charge in [-0.3, -0.25) is 4.68 Å². The summed E-state index contributed by atoms with van der Waals surface area (Å²) in [7, 11) is 2.00. The minimum atomic E-state index is 0.373. The number of fused-ring (bicyclic) bond motifs is 2. The first kappa shape index (κ1) is 22.4. The van der Waals surface area contributed by atoms with Crippen molar-refractivity contribution in [3.8, 4) is 11.3 Å². The zero-order chi connectivity index (χ0) is 24.6. The average Bonchev–Trinajstić information content (AvgIpc) is 3.24. The number of rotatable bonds is 5. The van der Waals surface area contributed by atoms with E-state index in [1.807, 2.05) is 29.9 Å².